The summed E-state index contributed by atoms with van der Waals surface area (Å²) in [4.78, 5) is 10.6. The summed E-state index contributed by atoms with van der Waals surface area (Å²) >= 11 is 6.08. The summed E-state index contributed by atoms with van der Waals surface area (Å²) in [5.41, 5.74) is 2.88. The van der Waals surface area contributed by atoms with Crippen LogP contribution in [0.4, 0.5) is 11.5 Å². The molecule has 4 heteroatoms. The summed E-state index contributed by atoms with van der Waals surface area (Å²) < 4.78 is 0. The monoisotopic (exact) mass is 295 g/mol. The van der Waals surface area contributed by atoms with E-state index in [-0.39, 0.29) is 5.28 Å². The lowest BCUT2D eigenvalue weighted by Gasteiger charge is -2.19. The molecule has 2 aromatic carbocycles. The molecule has 0 atom stereocenters. The zero-order valence-corrected chi connectivity index (χ0v) is 12.3. The molecule has 0 spiro atoms. The van der Waals surface area contributed by atoms with Gasteiger partial charge in [-0.1, -0.05) is 48.5 Å². The Morgan fingerprint density at radius 2 is 1.48 bits per heavy atom. The van der Waals surface area contributed by atoms with Gasteiger partial charge in [-0.3, -0.25) is 0 Å². The Morgan fingerprint density at radius 1 is 0.857 bits per heavy atom. The summed E-state index contributed by atoms with van der Waals surface area (Å²) in [6.07, 6.45) is 0. The van der Waals surface area contributed by atoms with Crippen LogP contribution in [0.2, 0.25) is 5.28 Å². The van der Waals surface area contributed by atoms with E-state index in [2.05, 4.69) is 9.97 Å². The first-order valence-electron chi connectivity index (χ1n) is 6.63. The van der Waals surface area contributed by atoms with E-state index in [9.17, 15) is 0 Å². The molecule has 1 heterocycles. The van der Waals surface area contributed by atoms with Crippen molar-refractivity contribution in [1.82, 2.24) is 9.97 Å². The number of aromatic nitrogens is 2. The zero-order valence-electron chi connectivity index (χ0n) is 11.6. The van der Waals surface area contributed by atoms with Gasteiger partial charge >= 0.3 is 0 Å². The van der Waals surface area contributed by atoms with Crippen LogP contribution in [0.1, 0.15) is 0 Å². The Hall–Kier alpha value is -2.39. The molecule has 0 aliphatic heterocycles. The molecule has 0 fully saturated rings. The van der Waals surface area contributed by atoms with E-state index in [1.807, 2.05) is 78.7 Å². The van der Waals surface area contributed by atoms with E-state index >= 15 is 0 Å². The molecule has 0 saturated carbocycles. The maximum Gasteiger partial charge on any atom is 0.224 e. The summed E-state index contributed by atoms with van der Waals surface area (Å²) in [7, 11) is 1.96. The average Bonchev–Trinajstić information content (AvgIpc) is 2.55. The van der Waals surface area contributed by atoms with Crippen LogP contribution in [0.15, 0.2) is 66.7 Å². The van der Waals surface area contributed by atoms with Crippen molar-refractivity contribution in [3.05, 3.63) is 72.0 Å². The maximum atomic E-state index is 6.08. The van der Waals surface area contributed by atoms with Crippen molar-refractivity contribution in [3.63, 3.8) is 0 Å². The normalized spacial score (nSPS) is 10.4. The molecular weight excluding hydrogens is 282 g/mol. The SMILES string of the molecule is CN(c1ccccc1)c1cc(-c2ccccc2)nc(Cl)n1. The first kappa shape index (κ1) is 13.6. The Morgan fingerprint density at radius 3 is 2.14 bits per heavy atom. The van der Waals surface area contributed by atoms with E-state index < -0.39 is 0 Å². The number of rotatable bonds is 3. The number of nitrogens with zero attached hydrogens (tertiary/aromatic N) is 3. The third kappa shape index (κ3) is 3.03. The lowest BCUT2D eigenvalue weighted by Crippen LogP contribution is -2.11. The molecule has 3 rings (SSSR count). The highest BCUT2D eigenvalue weighted by molar-refractivity contribution is 6.28. The minimum absolute atomic E-state index is 0.245. The number of para-hydroxylation sites is 1. The van der Waals surface area contributed by atoms with Gasteiger partial charge in [0.2, 0.25) is 5.28 Å². The molecule has 0 bridgehead atoms. The molecule has 1 aromatic heterocycles. The van der Waals surface area contributed by atoms with Crippen molar-refractivity contribution in [2.24, 2.45) is 0 Å². The number of hydrogen-bond donors (Lipinski definition) is 0. The molecule has 104 valence electrons. The van der Waals surface area contributed by atoms with Gasteiger partial charge in [0.15, 0.2) is 0 Å². The van der Waals surface area contributed by atoms with Gasteiger partial charge in [-0.15, -0.1) is 0 Å². The van der Waals surface area contributed by atoms with Crippen LogP contribution in [0.5, 0.6) is 0 Å². The van der Waals surface area contributed by atoms with Crippen LogP contribution < -0.4 is 4.90 Å². The highest BCUT2D eigenvalue weighted by Gasteiger charge is 2.10. The molecule has 0 unspecified atom stereocenters. The van der Waals surface area contributed by atoms with Gasteiger partial charge in [0, 0.05) is 24.4 Å². The average molecular weight is 296 g/mol. The molecular formula is C17H14ClN3. The summed E-state index contributed by atoms with van der Waals surface area (Å²) in [6, 6.07) is 21.9. The van der Waals surface area contributed by atoms with E-state index in [0.29, 0.717) is 0 Å². The Bertz CT molecular complexity index is 730. The number of hydrogen-bond acceptors (Lipinski definition) is 3. The molecule has 3 nitrogen and oxygen atoms in total. The zero-order chi connectivity index (χ0) is 14.7. The second-order valence-corrected chi connectivity index (χ2v) is 4.98. The fraction of sp³-hybridized carbons (Fsp3) is 0.0588. The molecule has 0 saturated heterocycles. The Balaban J connectivity index is 2.02. The standard InChI is InChI=1S/C17H14ClN3/c1-21(14-10-6-3-7-11-14)16-12-15(19-17(18)20-16)13-8-4-2-5-9-13/h2-12H,1H3. The first-order valence-corrected chi connectivity index (χ1v) is 7.00. The van der Waals surface area contributed by atoms with Gasteiger partial charge in [0.25, 0.3) is 0 Å². The van der Waals surface area contributed by atoms with E-state index in [0.717, 1.165) is 22.8 Å². The highest BCUT2D eigenvalue weighted by atomic mass is 35.5. The van der Waals surface area contributed by atoms with Crippen molar-refractivity contribution in [2.75, 3.05) is 11.9 Å². The van der Waals surface area contributed by atoms with Gasteiger partial charge in [-0.2, -0.15) is 0 Å². The van der Waals surface area contributed by atoms with Crippen LogP contribution in [0, 0.1) is 0 Å². The smallest absolute Gasteiger partial charge is 0.224 e. The molecule has 0 radical (unpaired) electrons. The third-order valence-electron chi connectivity index (χ3n) is 3.24. The van der Waals surface area contributed by atoms with Crippen molar-refractivity contribution in [2.45, 2.75) is 0 Å². The van der Waals surface area contributed by atoms with E-state index in [4.69, 9.17) is 11.6 Å². The molecule has 0 aliphatic carbocycles. The topological polar surface area (TPSA) is 29.0 Å². The van der Waals surface area contributed by atoms with Gasteiger partial charge < -0.3 is 4.90 Å². The minimum atomic E-state index is 0.245. The molecule has 0 aliphatic rings. The first-order chi connectivity index (χ1) is 10.2. The second kappa shape index (κ2) is 5.94. The van der Waals surface area contributed by atoms with Crippen molar-refractivity contribution < 1.29 is 0 Å². The number of anilines is 2. The summed E-state index contributed by atoms with van der Waals surface area (Å²) in [5, 5.41) is 0.245. The molecule has 3 aromatic rings. The van der Waals surface area contributed by atoms with Crippen LogP contribution in [0.3, 0.4) is 0 Å². The largest absolute Gasteiger partial charge is 0.329 e. The van der Waals surface area contributed by atoms with Gasteiger partial charge in [-0.05, 0) is 23.7 Å². The molecule has 0 amide bonds. The van der Waals surface area contributed by atoms with Gasteiger partial charge in [0.05, 0.1) is 5.69 Å². The summed E-state index contributed by atoms with van der Waals surface area (Å²) in [6.45, 7) is 0. The fourth-order valence-corrected chi connectivity index (χ4v) is 2.30. The second-order valence-electron chi connectivity index (χ2n) is 4.64. The fourth-order valence-electron chi connectivity index (χ4n) is 2.12. The number of benzene rings is 2. The van der Waals surface area contributed by atoms with Crippen LogP contribution in [0.25, 0.3) is 11.3 Å². The van der Waals surface area contributed by atoms with Crippen molar-refractivity contribution >= 4 is 23.1 Å². The lowest BCUT2D eigenvalue weighted by molar-refractivity contribution is 1.08. The predicted octanol–water partition coefficient (Wildman–Crippen LogP) is 4.56. The predicted molar refractivity (Wildman–Crippen MR) is 87.0 cm³/mol. The molecule has 21 heavy (non-hydrogen) atoms. The van der Waals surface area contributed by atoms with Crippen molar-refractivity contribution in [3.8, 4) is 11.3 Å². The maximum absolute atomic E-state index is 6.08. The summed E-state index contributed by atoms with van der Waals surface area (Å²) in [5.74, 6) is 0.764. The Labute approximate surface area is 128 Å². The van der Waals surface area contributed by atoms with Crippen LogP contribution >= 0.6 is 11.6 Å². The van der Waals surface area contributed by atoms with Crippen LogP contribution in [-0.2, 0) is 0 Å². The lowest BCUT2D eigenvalue weighted by atomic mass is 10.1. The van der Waals surface area contributed by atoms with Gasteiger partial charge in [-0.25, -0.2) is 9.97 Å². The quantitative estimate of drug-likeness (QED) is 0.663. The van der Waals surface area contributed by atoms with Crippen LogP contribution in [-0.4, -0.2) is 17.0 Å². The van der Waals surface area contributed by atoms with E-state index in [1.54, 1.807) is 0 Å². The molecule has 0 N–H and O–H groups in total. The highest BCUT2D eigenvalue weighted by Crippen LogP contribution is 2.26. The number of halogens is 1. The minimum Gasteiger partial charge on any atom is -0.329 e. The third-order valence-corrected chi connectivity index (χ3v) is 3.41. The van der Waals surface area contributed by atoms with Crippen molar-refractivity contribution in [1.29, 1.82) is 0 Å². The van der Waals surface area contributed by atoms with Gasteiger partial charge in [0.1, 0.15) is 5.82 Å². The Kier molecular flexibility index (Phi) is 3.84. The van der Waals surface area contributed by atoms with E-state index in [1.165, 1.54) is 0 Å².